The van der Waals surface area contributed by atoms with Gasteiger partial charge in [0.1, 0.15) is 0 Å². The minimum atomic E-state index is 0.939. The van der Waals surface area contributed by atoms with Gasteiger partial charge in [0.25, 0.3) is 0 Å². The molecule has 2 nitrogen and oxygen atoms in total. The number of anilines is 6. The minimum Gasteiger partial charge on any atom is -0.311 e. The summed E-state index contributed by atoms with van der Waals surface area (Å²) in [6, 6.07) is 92.2. The molecule has 1 aliphatic rings. The second kappa shape index (κ2) is 16.7. The van der Waals surface area contributed by atoms with E-state index in [-0.39, 0.29) is 0 Å². The van der Waals surface area contributed by atoms with Crippen molar-refractivity contribution in [2.45, 2.75) is 6.42 Å². The molecule has 11 rings (SSSR count). The van der Waals surface area contributed by atoms with E-state index in [4.69, 9.17) is 0 Å². The number of hydrogen-bond acceptors (Lipinski definition) is 2. The zero-order valence-electron chi connectivity index (χ0n) is 34.9. The Balaban J connectivity index is 0.940. The molecule has 0 amide bonds. The Kier molecular flexibility index (Phi) is 10.0. The van der Waals surface area contributed by atoms with Crippen molar-refractivity contribution in [2.24, 2.45) is 0 Å². The second-order valence-corrected chi connectivity index (χ2v) is 16.2. The van der Waals surface area contributed by atoms with Crippen LogP contribution in [0.2, 0.25) is 0 Å². The predicted octanol–water partition coefficient (Wildman–Crippen LogP) is 16.9. The maximum absolute atomic E-state index is 2.41. The second-order valence-electron chi connectivity index (χ2n) is 16.2. The normalized spacial score (nSPS) is 11.7. The summed E-state index contributed by atoms with van der Waals surface area (Å²) < 4.78 is 0. The highest BCUT2D eigenvalue weighted by Gasteiger charge is 2.24. The Morgan fingerprint density at radius 1 is 0.254 bits per heavy atom. The molecule has 1 aliphatic heterocycles. The number of para-hydroxylation sites is 2. The van der Waals surface area contributed by atoms with Gasteiger partial charge in [-0.25, -0.2) is 0 Å². The molecule has 0 bridgehead atoms. The highest BCUT2D eigenvalue weighted by molar-refractivity contribution is 5.87. The molecule has 0 saturated carbocycles. The van der Waals surface area contributed by atoms with E-state index in [0.29, 0.717) is 0 Å². The third-order valence-corrected chi connectivity index (χ3v) is 12.3. The van der Waals surface area contributed by atoms with E-state index in [1.54, 1.807) is 0 Å². The third-order valence-electron chi connectivity index (χ3n) is 12.3. The van der Waals surface area contributed by atoms with E-state index in [1.165, 1.54) is 78.1 Å². The van der Waals surface area contributed by atoms with Gasteiger partial charge in [-0.3, -0.25) is 0 Å². The summed E-state index contributed by atoms with van der Waals surface area (Å²) in [4.78, 5) is 4.77. The lowest BCUT2D eigenvalue weighted by molar-refractivity contribution is 1.09. The quantitative estimate of drug-likeness (QED) is 0.143. The van der Waals surface area contributed by atoms with Gasteiger partial charge in [-0.05, 0) is 140 Å². The van der Waals surface area contributed by atoms with Gasteiger partial charge in [0.2, 0.25) is 0 Å². The molecule has 63 heavy (non-hydrogen) atoms. The molecule has 0 fully saturated rings. The summed E-state index contributed by atoms with van der Waals surface area (Å²) >= 11 is 0. The van der Waals surface area contributed by atoms with E-state index < -0.39 is 0 Å². The van der Waals surface area contributed by atoms with Crippen LogP contribution in [0.4, 0.5) is 34.1 Å². The molecule has 298 valence electrons. The van der Waals surface area contributed by atoms with Crippen molar-refractivity contribution in [2.75, 3.05) is 9.80 Å². The van der Waals surface area contributed by atoms with Gasteiger partial charge in [0.05, 0.1) is 0 Å². The average Bonchev–Trinajstić information content (AvgIpc) is 3.37. The summed E-state index contributed by atoms with van der Waals surface area (Å²) in [6.45, 7) is 0. The topological polar surface area (TPSA) is 6.48 Å². The molecule has 0 radical (unpaired) electrons. The van der Waals surface area contributed by atoms with Crippen molar-refractivity contribution in [3.05, 3.63) is 266 Å². The van der Waals surface area contributed by atoms with Crippen LogP contribution in [-0.4, -0.2) is 0 Å². The van der Waals surface area contributed by atoms with Gasteiger partial charge in [0.15, 0.2) is 0 Å². The van der Waals surface area contributed by atoms with Crippen molar-refractivity contribution in [1.29, 1.82) is 0 Å². The summed E-state index contributed by atoms with van der Waals surface area (Å²) in [7, 11) is 0. The Morgan fingerprint density at radius 2 is 0.571 bits per heavy atom. The van der Waals surface area contributed by atoms with E-state index in [1.807, 2.05) is 0 Å². The molecule has 0 N–H and O–H groups in total. The first-order chi connectivity index (χ1) is 31.2. The Bertz CT molecular complexity index is 3000. The smallest absolute Gasteiger partial charge is 0.0497 e. The predicted molar refractivity (Wildman–Crippen MR) is 266 cm³/mol. The first-order valence-corrected chi connectivity index (χ1v) is 21.7. The summed E-state index contributed by atoms with van der Waals surface area (Å²) in [5.74, 6) is 0. The van der Waals surface area contributed by atoms with Crippen LogP contribution in [0.15, 0.2) is 255 Å². The molecule has 2 heteroatoms. The van der Waals surface area contributed by atoms with E-state index in [9.17, 15) is 0 Å². The molecular formula is C61H44N2. The fraction of sp³-hybridized carbons (Fsp3) is 0.0164. The molecule has 0 spiro atoms. The van der Waals surface area contributed by atoms with Gasteiger partial charge in [-0.1, -0.05) is 182 Å². The van der Waals surface area contributed by atoms with Crippen LogP contribution in [-0.2, 0) is 6.42 Å². The van der Waals surface area contributed by atoms with Crippen LogP contribution in [0, 0.1) is 0 Å². The summed E-state index contributed by atoms with van der Waals surface area (Å²) in [5, 5.41) is 0. The number of nitrogens with zero attached hydrogens (tertiary/aromatic N) is 2. The summed E-state index contributed by atoms with van der Waals surface area (Å²) in [5.41, 5.74) is 21.5. The lowest BCUT2D eigenvalue weighted by Gasteiger charge is -2.33. The fourth-order valence-corrected chi connectivity index (χ4v) is 9.07. The maximum Gasteiger partial charge on any atom is 0.0497 e. The van der Waals surface area contributed by atoms with Crippen LogP contribution >= 0.6 is 0 Å². The zero-order valence-corrected chi connectivity index (χ0v) is 34.9. The van der Waals surface area contributed by atoms with Crippen LogP contribution in [0.1, 0.15) is 11.1 Å². The Hall–Kier alpha value is -8.20. The summed E-state index contributed by atoms with van der Waals surface area (Å²) in [6.07, 6.45) is 0.939. The number of rotatable bonds is 9. The standard InChI is InChI=1S/C61H44N2/c1-3-14-44(15-4-1)49-20-11-22-51(40-49)46-28-34-56(35-29-46)62(57-36-30-47(31-37-57)52-23-12-21-50(41-52)45-16-5-2-6-17-45)58-38-32-48(33-39-58)53-24-13-25-59(43-53)63-60-26-9-7-18-54(60)42-55-19-8-10-27-61(55)63/h1-41,43H,42H2. The van der Waals surface area contributed by atoms with Crippen LogP contribution < -0.4 is 9.80 Å². The van der Waals surface area contributed by atoms with Crippen molar-refractivity contribution < 1.29 is 0 Å². The number of hydrogen-bond donors (Lipinski definition) is 0. The van der Waals surface area contributed by atoms with Crippen LogP contribution in [0.3, 0.4) is 0 Å². The largest absolute Gasteiger partial charge is 0.311 e. The highest BCUT2D eigenvalue weighted by Crippen LogP contribution is 2.45. The molecule has 0 aromatic heterocycles. The molecule has 10 aromatic carbocycles. The monoisotopic (exact) mass is 804 g/mol. The van der Waals surface area contributed by atoms with Crippen molar-refractivity contribution in [1.82, 2.24) is 0 Å². The van der Waals surface area contributed by atoms with Gasteiger partial charge in [-0.15, -0.1) is 0 Å². The van der Waals surface area contributed by atoms with Crippen LogP contribution in [0.5, 0.6) is 0 Å². The van der Waals surface area contributed by atoms with E-state index in [0.717, 1.165) is 29.2 Å². The number of fused-ring (bicyclic) bond motifs is 2. The Labute approximate surface area is 370 Å². The molecule has 0 saturated heterocycles. The first-order valence-electron chi connectivity index (χ1n) is 21.7. The number of benzene rings is 10. The molecule has 0 aliphatic carbocycles. The van der Waals surface area contributed by atoms with Crippen LogP contribution in [0.25, 0.3) is 55.6 Å². The van der Waals surface area contributed by atoms with Crippen molar-refractivity contribution in [3.63, 3.8) is 0 Å². The molecule has 0 unspecified atom stereocenters. The minimum absolute atomic E-state index is 0.939. The zero-order chi connectivity index (χ0) is 42.0. The van der Waals surface area contributed by atoms with Gasteiger partial charge in [-0.2, -0.15) is 0 Å². The lowest BCUT2D eigenvalue weighted by atomic mass is 9.94. The average molecular weight is 805 g/mol. The molecular weight excluding hydrogens is 761 g/mol. The maximum atomic E-state index is 2.41. The van der Waals surface area contributed by atoms with E-state index >= 15 is 0 Å². The molecule has 0 atom stereocenters. The first kappa shape index (κ1) is 37.8. The Morgan fingerprint density at radius 3 is 0.984 bits per heavy atom. The van der Waals surface area contributed by atoms with Gasteiger partial charge in [0, 0.05) is 40.5 Å². The SMILES string of the molecule is c1ccc(-c2cccc(-c3ccc(N(c4ccc(-c5cccc(-c6ccccc6)c5)cc4)c4ccc(-c5cccc(N6c7ccccc7Cc7ccccc76)c5)cc4)cc3)c2)cc1. The van der Waals surface area contributed by atoms with Gasteiger partial charge >= 0.3 is 0 Å². The van der Waals surface area contributed by atoms with Gasteiger partial charge < -0.3 is 9.80 Å². The molecule has 1 heterocycles. The van der Waals surface area contributed by atoms with Crippen molar-refractivity contribution in [3.8, 4) is 55.6 Å². The highest BCUT2D eigenvalue weighted by atomic mass is 15.2. The molecule has 10 aromatic rings. The third kappa shape index (κ3) is 7.60. The van der Waals surface area contributed by atoms with Crippen molar-refractivity contribution >= 4 is 34.1 Å². The fourth-order valence-electron chi connectivity index (χ4n) is 9.07. The lowest BCUT2D eigenvalue weighted by Crippen LogP contribution is -2.18. The van der Waals surface area contributed by atoms with E-state index in [2.05, 4.69) is 265 Å².